The third-order valence-corrected chi connectivity index (χ3v) is 1.70. The molecule has 50 valence electrons. The Morgan fingerprint density at radius 3 is 2.78 bits per heavy atom. The molecule has 0 spiro atoms. The lowest BCUT2D eigenvalue weighted by Gasteiger charge is -2.32. The first-order valence-electron chi connectivity index (χ1n) is 3.19. The molecule has 1 saturated carbocycles. The maximum Gasteiger partial charge on any atom is 0.0694 e. The Labute approximate surface area is 55.3 Å². The van der Waals surface area contributed by atoms with E-state index in [2.05, 4.69) is 11.2 Å². The zero-order chi connectivity index (χ0) is 6.69. The van der Waals surface area contributed by atoms with Crippen molar-refractivity contribution >= 4 is 0 Å². The Hall–Kier alpha value is -0.520. The Morgan fingerprint density at radius 2 is 2.44 bits per heavy atom. The van der Waals surface area contributed by atoms with Crippen LogP contribution in [0.5, 0.6) is 0 Å². The van der Waals surface area contributed by atoms with Gasteiger partial charge in [-0.25, -0.2) is 0 Å². The van der Waals surface area contributed by atoms with Crippen molar-refractivity contribution in [2.75, 3.05) is 6.54 Å². The number of hydrogen-bond donors (Lipinski definition) is 2. The van der Waals surface area contributed by atoms with E-state index in [4.69, 9.17) is 11.5 Å². The van der Waals surface area contributed by atoms with E-state index in [1.54, 1.807) is 0 Å². The molecule has 0 aliphatic heterocycles. The lowest BCUT2D eigenvalue weighted by atomic mass is 9.89. The topological polar surface area (TPSA) is 32.3 Å². The third kappa shape index (κ3) is 1.44. The van der Waals surface area contributed by atoms with Crippen LogP contribution in [0.15, 0.2) is 0 Å². The molecule has 2 heteroatoms. The van der Waals surface area contributed by atoms with Gasteiger partial charge < -0.3 is 10.4 Å². The lowest BCUT2D eigenvalue weighted by molar-refractivity contribution is 0.0523. The number of aliphatic hydroxyl groups is 1. The zero-order valence-electron chi connectivity index (χ0n) is 5.30. The number of hydrogen-bond acceptors (Lipinski definition) is 2. The molecule has 9 heavy (non-hydrogen) atoms. The molecule has 1 rings (SSSR count). The van der Waals surface area contributed by atoms with Gasteiger partial charge in [0.2, 0.25) is 0 Å². The molecule has 1 aliphatic carbocycles. The second-order valence-corrected chi connectivity index (χ2v) is 2.34. The van der Waals surface area contributed by atoms with Crippen molar-refractivity contribution in [1.82, 2.24) is 5.32 Å². The van der Waals surface area contributed by atoms with Gasteiger partial charge in [0.1, 0.15) is 0 Å². The fourth-order valence-electron chi connectivity index (χ4n) is 0.911. The fraction of sp³-hybridized carbons (Fsp3) is 0.714. The summed E-state index contributed by atoms with van der Waals surface area (Å²) < 4.78 is 0. The zero-order valence-corrected chi connectivity index (χ0v) is 5.30. The van der Waals surface area contributed by atoms with E-state index in [-0.39, 0.29) is 12.1 Å². The first-order valence-corrected chi connectivity index (χ1v) is 3.19. The summed E-state index contributed by atoms with van der Waals surface area (Å²) in [6.07, 6.45) is 6.83. The Kier molecular flexibility index (Phi) is 2.10. The smallest absolute Gasteiger partial charge is 0.0694 e. The second kappa shape index (κ2) is 2.86. The molecule has 1 aliphatic rings. The standard InChI is InChI=1S/C7H11NO/c1-2-5-8-6-3-4-7(6)9/h1,6-9H,3-5H2/t6-,7-/m1/s1. The van der Waals surface area contributed by atoms with Gasteiger partial charge in [-0.3, -0.25) is 0 Å². The van der Waals surface area contributed by atoms with Crippen LogP contribution in [0.4, 0.5) is 0 Å². The van der Waals surface area contributed by atoms with Gasteiger partial charge in [0, 0.05) is 6.04 Å². The van der Waals surface area contributed by atoms with Gasteiger partial charge in [-0.15, -0.1) is 6.42 Å². The molecule has 1 fully saturated rings. The van der Waals surface area contributed by atoms with Crippen LogP contribution in [0.2, 0.25) is 0 Å². The van der Waals surface area contributed by atoms with Crippen LogP contribution < -0.4 is 5.32 Å². The minimum atomic E-state index is -0.154. The van der Waals surface area contributed by atoms with Gasteiger partial charge in [0.15, 0.2) is 0 Å². The Morgan fingerprint density at radius 1 is 1.67 bits per heavy atom. The molecule has 0 unspecified atom stereocenters. The first kappa shape index (κ1) is 6.60. The van der Waals surface area contributed by atoms with Crippen LogP contribution in [-0.2, 0) is 0 Å². The van der Waals surface area contributed by atoms with Gasteiger partial charge in [-0.05, 0) is 12.8 Å². The maximum atomic E-state index is 9.00. The molecule has 0 amide bonds. The average Bonchev–Trinajstić information content (AvgIpc) is 1.86. The van der Waals surface area contributed by atoms with E-state index in [9.17, 15) is 0 Å². The van der Waals surface area contributed by atoms with Crippen molar-refractivity contribution < 1.29 is 5.11 Å². The third-order valence-electron chi connectivity index (χ3n) is 1.70. The molecule has 0 heterocycles. The molecule has 2 nitrogen and oxygen atoms in total. The van der Waals surface area contributed by atoms with Gasteiger partial charge >= 0.3 is 0 Å². The molecule has 0 aromatic rings. The minimum absolute atomic E-state index is 0.154. The monoisotopic (exact) mass is 125 g/mol. The van der Waals surface area contributed by atoms with E-state index in [0.717, 1.165) is 12.8 Å². The number of rotatable bonds is 2. The summed E-state index contributed by atoms with van der Waals surface area (Å²) in [5, 5.41) is 12.0. The molecule has 2 atom stereocenters. The number of nitrogens with one attached hydrogen (secondary N) is 1. The molecular formula is C7H11NO. The van der Waals surface area contributed by atoms with Crippen LogP contribution in [-0.4, -0.2) is 23.8 Å². The summed E-state index contributed by atoms with van der Waals surface area (Å²) in [5.74, 6) is 2.47. The average molecular weight is 125 g/mol. The summed E-state index contributed by atoms with van der Waals surface area (Å²) in [4.78, 5) is 0. The summed E-state index contributed by atoms with van der Waals surface area (Å²) in [6.45, 7) is 0.571. The van der Waals surface area contributed by atoms with Gasteiger partial charge in [-0.1, -0.05) is 5.92 Å². The van der Waals surface area contributed by atoms with Crippen LogP contribution in [0.25, 0.3) is 0 Å². The first-order chi connectivity index (χ1) is 4.34. The van der Waals surface area contributed by atoms with E-state index in [1.165, 1.54) is 0 Å². The van der Waals surface area contributed by atoms with E-state index in [0.29, 0.717) is 6.54 Å². The van der Waals surface area contributed by atoms with E-state index in [1.807, 2.05) is 0 Å². The molecule has 0 bridgehead atoms. The molecular weight excluding hydrogens is 114 g/mol. The summed E-state index contributed by atoms with van der Waals surface area (Å²) in [7, 11) is 0. The highest BCUT2D eigenvalue weighted by atomic mass is 16.3. The predicted octanol–water partition coefficient (Wildman–Crippen LogP) is -0.268. The van der Waals surface area contributed by atoms with Crippen molar-refractivity contribution in [1.29, 1.82) is 0 Å². The van der Waals surface area contributed by atoms with Gasteiger partial charge in [0.25, 0.3) is 0 Å². The van der Waals surface area contributed by atoms with Gasteiger partial charge in [-0.2, -0.15) is 0 Å². The normalized spacial score (nSPS) is 32.9. The van der Waals surface area contributed by atoms with Crippen molar-refractivity contribution in [3.05, 3.63) is 0 Å². The molecule has 2 N–H and O–H groups in total. The summed E-state index contributed by atoms with van der Waals surface area (Å²) in [6, 6.07) is 0.265. The van der Waals surface area contributed by atoms with Crippen LogP contribution in [0.3, 0.4) is 0 Å². The van der Waals surface area contributed by atoms with Crippen molar-refractivity contribution in [3.8, 4) is 12.3 Å². The molecule has 0 saturated heterocycles. The van der Waals surface area contributed by atoms with Crippen LogP contribution in [0, 0.1) is 12.3 Å². The molecule has 0 aromatic carbocycles. The Balaban J connectivity index is 2.08. The molecule has 0 aromatic heterocycles. The second-order valence-electron chi connectivity index (χ2n) is 2.34. The lowest BCUT2D eigenvalue weighted by Crippen LogP contribution is -2.47. The minimum Gasteiger partial charge on any atom is -0.392 e. The predicted molar refractivity (Wildman–Crippen MR) is 35.9 cm³/mol. The highest BCUT2D eigenvalue weighted by Crippen LogP contribution is 2.18. The van der Waals surface area contributed by atoms with Crippen LogP contribution in [0.1, 0.15) is 12.8 Å². The van der Waals surface area contributed by atoms with E-state index >= 15 is 0 Å². The highest BCUT2D eigenvalue weighted by molar-refractivity contribution is 4.93. The largest absolute Gasteiger partial charge is 0.392 e. The van der Waals surface area contributed by atoms with Crippen molar-refractivity contribution in [2.45, 2.75) is 25.0 Å². The highest BCUT2D eigenvalue weighted by Gasteiger charge is 2.27. The molecule has 0 radical (unpaired) electrons. The van der Waals surface area contributed by atoms with Crippen molar-refractivity contribution in [2.24, 2.45) is 0 Å². The van der Waals surface area contributed by atoms with Crippen molar-refractivity contribution in [3.63, 3.8) is 0 Å². The maximum absolute atomic E-state index is 9.00. The number of terminal acetylenes is 1. The number of aliphatic hydroxyl groups excluding tert-OH is 1. The quantitative estimate of drug-likeness (QED) is 0.498. The summed E-state index contributed by atoms with van der Waals surface area (Å²) in [5.41, 5.74) is 0. The van der Waals surface area contributed by atoms with Gasteiger partial charge in [0.05, 0.1) is 12.6 Å². The Bertz CT molecular complexity index is 127. The van der Waals surface area contributed by atoms with Crippen LogP contribution >= 0.6 is 0 Å². The SMILES string of the molecule is C#CCN[C@@H]1CC[C@H]1O. The fourth-order valence-corrected chi connectivity index (χ4v) is 0.911. The summed E-state index contributed by atoms with van der Waals surface area (Å²) >= 11 is 0. The van der Waals surface area contributed by atoms with E-state index < -0.39 is 0 Å².